The van der Waals surface area contributed by atoms with Crippen LogP contribution in [0, 0.1) is 23.7 Å². The Morgan fingerprint density at radius 1 is 0.491 bits per heavy atom. The number of hydrogen-bond donors (Lipinski definition) is 2. The molecule has 0 amide bonds. The maximum Gasteiger partial charge on any atom is 0.310 e. The summed E-state index contributed by atoms with van der Waals surface area (Å²) in [5.74, 6) is -5.35. The Hall–Kier alpha value is -2.21. The van der Waals surface area contributed by atoms with Crippen molar-refractivity contribution in [1.29, 1.82) is 0 Å². The highest BCUT2D eigenvalue weighted by atomic mass is 16.5. The molecule has 0 aromatic heterocycles. The van der Waals surface area contributed by atoms with Crippen LogP contribution >= 0.6 is 0 Å². The van der Waals surface area contributed by atoms with E-state index in [0.29, 0.717) is 76.4 Å². The Bertz CT molecular complexity index is 1190. The Morgan fingerprint density at radius 3 is 1.26 bits per heavy atom. The first kappa shape index (κ1) is 54.8. The Kier molecular flexibility index (Phi) is 26.5. The summed E-state index contributed by atoms with van der Waals surface area (Å²) in [7, 11) is 0. The van der Waals surface area contributed by atoms with E-state index in [2.05, 4.69) is 27.7 Å². The van der Waals surface area contributed by atoms with E-state index >= 15 is 0 Å². The largest absolute Gasteiger partial charge is 0.481 e. The Labute approximate surface area is 346 Å². The van der Waals surface area contributed by atoms with Gasteiger partial charge in [0.1, 0.15) is 16.8 Å². The molecular weight excluding hydrogens is 728 g/mol. The molecule has 0 bridgehead atoms. The molecule has 0 spiro atoms. The number of hydrogen-bond acceptors (Lipinski definition) is 9. The molecule has 4 unspecified atom stereocenters. The molecule has 2 N–H and O–H groups in total. The summed E-state index contributed by atoms with van der Waals surface area (Å²) < 4.78 is 24.0. The molecule has 11 heteroatoms. The third kappa shape index (κ3) is 21.6. The standard InChI is InChI=1S/C46H84O11/c1-13-17-25-34(15-3)32-56-43(5,6)37(47)27-21-19-23-29-54-45(9,10)39(49)31-36(41(50)51)40(42(52)53)46(11,12)55-30-24-20-22-28-38(48)44(7,8)57-33-35(16-4)26-18-14-2/h34-36,40H,13-33H2,1-12H3,(H,50,51)(H,52,53). The van der Waals surface area contributed by atoms with Gasteiger partial charge in [-0.1, -0.05) is 79.1 Å². The van der Waals surface area contributed by atoms with Crippen molar-refractivity contribution in [2.45, 2.75) is 215 Å². The van der Waals surface area contributed by atoms with Crippen LogP contribution < -0.4 is 0 Å². The van der Waals surface area contributed by atoms with Gasteiger partial charge in [0.25, 0.3) is 0 Å². The van der Waals surface area contributed by atoms with E-state index < -0.39 is 58.4 Å². The third-order valence-electron chi connectivity index (χ3n) is 11.6. The fourth-order valence-corrected chi connectivity index (χ4v) is 6.92. The number of unbranched alkanes of at least 4 members (excludes halogenated alkanes) is 6. The molecule has 334 valence electrons. The second kappa shape index (κ2) is 27.5. The minimum Gasteiger partial charge on any atom is -0.481 e. The lowest BCUT2D eigenvalue weighted by Crippen LogP contribution is -2.49. The van der Waals surface area contributed by atoms with E-state index in [0.717, 1.165) is 51.4 Å². The average Bonchev–Trinajstić information content (AvgIpc) is 3.13. The molecule has 0 radical (unpaired) electrons. The van der Waals surface area contributed by atoms with Gasteiger partial charge in [-0.15, -0.1) is 0 Å². The number of ketones is 3. The van der Waals surface area contributed by atoms with Crippen molar-refractivity contribution in [3.05, 3.63) is 0 Å². The van der Waals surface area contributed by atoms with Gasteiger partial charge < -0.3 is 29.2 Å². The smallest absolute Gasteiger partial charge is 0.310 e. The van der Waals surface area contributed by atoms with Crippen molar-refractivity contribution in [3.63, 3.8) is 0 Å². The molecule has 0 saturated carbocycles. The lowest BCUT2D eigenvalue weighted by molar-refractivity contribution is -0.171. The molecule has 0 aliphatic rings. The van der Waals surface area contributed by atoms with Crippen LogP contribution in [0.15, 0.2) is 0 Å². The summed E-state index contributed by atoms with van der Waals surface area (Å²) in [6.45, 7) is 23.7. The first-order chi connectivity index (χ1) is 26.5. The quantitative estimate of drug-likeness (QED) is 0.0574. The zero-order chi connectivity index (χ0) is 43.9. The summed E-state index contributed by atoms with van der Waals surface area (Å²) in [4.78, 5) is 64.2. The van der Waals surface area contributed by atoms with Crippen LogP contribution in [0.3, 0.4) is 0 Å². The number of Topliss-reactive ketones (excluding diaryl/α,β-unsaturated/α-hetero) is 3. The summed E-state index contributed by atoms with van der Waals surface area (Å²) in [6, 6.07) is 0. The lowest BCUT2D eigenvalue weighted by atomic mass is 9.76. The van der Waals surface area contributed by atoms with Gasteiger partial charge in [0.05, 0.1) is 30.7 Å². The fraction of sp³-hybridized carbons (Fsp3) is 0.891. The number of carboxylic acid groups (broad SMARTS) is 2. The molecule has 11 nitrogen and oxygen atoms in total. The van der Waals surface area contributed by atoms with Gasteiger partial charge in [-0.05, 0) is 106 Å². The summed E-state index contributed by atoms with van der Waals surface area (Å²) in [5.41, 5.74) is -4.45. The number of carbonyl (C=O) groups is 5. The van der Waals surface area contributed by atoms with Crippen molar-refractivity contribution in [2.75, 3.05) is 26.4 Å². The molecule has 0 aliphatic heterocycles. The fourth-order valence-electron chi connectivity index (χ4n) is 6.92. The normalized spacial score (nSPS) is 14.9. The first-order valence-electron chi connectivity index (χ1n) is 22.1. The van der Waals surface area contributed by atoms with Crippen LogP contribution in [-0.2, 0) is 42.9 Å². The summed E-state index contributed by atoms with van der Waals surface area (Å²) >= 11 is 0. The molecule has 0 saturated heterocycles. The molecular formula is C46H84O11. The Morgan fingerprint density at radius 2 is 0.895 bits per heavy atom. The maximum atomic E-state index is 13.4. The van der Waals surface area contributed by atoms with Crippen LogP contribution in [0.2, 0.25) is 0 Å². The lowest BCUT2D eigenvalue weighted by Gasteiger charge is -2.36. The van der Waals surface area contributed by atoms with Gasteiger partial charge in [-0.3, -0.25) is 24.0 Å². The maximum absolute atomic E-state index is 13.4. The SMILES string of the molecule is CCCCC(CC)COC(C)(C)C(=O)CCCCCOC(C)(C)C(=O)CC(C(=O)O)C(C(=O)O)C(C)(C)OCCCCCC(=O)C(C)(C)OCC(CC)CCCC. The van der Waals surface area contributed by atoms with Crippen molar-refractivity contribution in [1.82, 2.24) is 0 Å². The van der Waals surface area contributed by atoms with Crippen molar-refractivity contribution >= 4 is 29.3 Å². The monoisotopic (exact) mass is 813 g/mol. The van der Waals surface area contributed by atoms with Crippen LogP contribution in [0.1, 0.15) is 192 Å². The van der Waals surface area contributed by atoms with Crippen LogP contribution in [0.5, 0.6) is 0 Å². The van der Waals surface area contributed by atoms with Gasteiger partial charge in [-0.2, -0.15) is 0 Å². The summed E-state index contributed by atoms with van der Waals surface area (Å²) in [5, 5.41) is 20.3. The predicted octanol–water partition coefficient (Wildman–Crippen LogP) is 10.2. The predicted molar refractivity (Wildman–Crippen MR) is 226 cm³/mol. The molecule has 0 heterocycles. The average molecular weight is 813 g/mol. The highest BCUT2D eigenvalue weighted by Crippen LogP contribution is 2.33. The van der Waals surface area contributed by atoms with E-state index in [1.54, 1.807) is 13.8 Å². The van der Waals surface area contributed by atoms with Gasteiger partial charge in [0, 0.05) is 32.5 Å². The Balaban J connectivity index is 4.97. The number of ether oxygens (including phenoxy) is 4. The first-order valence-corrected chi connectivity index (χ1v) is 22.1. The van der Waals surface area contributed by atoms with Crippen molar-refractivity contribution < 1.29 is 53.1 Å². The van der Waals surface area contributed by atoms with Crippen LogP contribution in [-0.4, -0.2) is 88.3 Å². The second-order valence-corrected chi connectivity index (χ2v) is 18.1. The molecule has 0 aliphatic carbocycles. The number of rotatable bonds is 37. The van der Waals surface area contributed by atoms with Crippen LogP contribution in [0.4, 0.5) is 0 Å². The molecule has 4 atom stereocenters. The molecule has 0 fully saturated rings. The summed E-state index contributed by atoms with van der Waals surface area (Å²) in [6.07, 6.45) is 12.8. The molecule has 0 aromatic carbocycles. The topological polar surface area (TPSA) is 163 Å². The number of carbonyl (C=O) groups excluding carboxylic acids is 3. The van der Waals surface area contributed by atoms with E-state index in [9.17, 15) is 34.2 Å². The van der Waals surface area contributed by atoms with E-state index in [4.69, 9.17) is 18.9 Å². The van der Waals surface area contributed by atoms with Gasteiger partial charge >= 0.3 is 11.9 Å². The zero-order valence-electron chi connectivity index (χ0n) is 38.2. The zero-order valence-corrected chi connectivity index (χ0v) is 38.2. The van der Waals surface area contributed by atoms with Crippen LogP contribution in [0.25, 0.3) is 0 Å². The third-order valence-corrected chi connectivity index (χ3v) is 11.6. The molecule has 0 rings (SSSR count). The van der Waals surface area contributed by atoms with Gasteiger partial charge in [0.15, 0.2) is 17.3 Å². The van der Waals surface area contributed by atoms with Gasteiger partial charge in [-0.25, -0.2) is 0 Å². The second-order valence-electron chi connectivity index (χ2n) is 18.1. The minimum absolute atomic E-state index is 0.0382. The van der Waals surface area contributed by atoms with E-state index in [-0.39, 0.29) is 24.8 Å². The number of carboxylic acids is 2. The molecule has 0 aromatic rings. The van der Waals surface area contributed by atoms with E-state index in [1.165, 1.54) is 13.8 Å². The van der Waals surface area contributed by atoms with Crippen molar-refractivity contribution in [3.8, 4) is 0 Å². The van der Waals surface area contributed by atoms with Crippen molar-refractivity contribution in [2.24, 2.45) is 23.7 Å². The van der Waals surface area contributed by atoms with E-state index in [1.807, 2.05) is 27.7 Å². The van der Waals surface area contributed by atoms with Gasteiger partial charge in [0.2, 0.25) is 0 Å². The highest BCUT2D eigenvalue weighted by molar-refractivity contribution is 5.92. The highest BCUT2D eigenvalue weighted by Gasteiger charge is 2.47. The molecule has 57 heavy (non-hydrogen) atoms. The minimum atomic E-state index is -1.54. The number of aliphatic carboxylic acids is 2.